The average Bonchev–Trinajstić information content (AvgIpc) is 2.94. The van der Waals surface area contributed by atoms with E-state index in [2.05, 4.69) is 62.3 Å². The number of aliphatic imine (C=N–C) groups is 1. The summed E-state index contributed by atoms with van der Waals surface area (Å²) in [6.07, 6.45) is 1.11. The van der Waals surface area contributed by atoms with E-state index in [1.165, 1.54) is 11.1 Å². The summed E-state index contributed by atoms with van der Waals surface area (Å²) >= 11 is 0. The Hall–Kier alpha value is -1.51. The minimum Gasteiger partial charge on any atom is -0.370 e. The fraction of sp³-hybridized carbons (Fsp3) is 0.533. The molecule has 3 N–H and O–H groups in total. The number of nitrogens with zero attached hydrogens (tertiary/aromatic N) is 1. The zero-order valence-corrected chi connectivity index (χ0v) is 11.7. The summed E-state index contributed by atoms with van der Waals surface area (Å²) in [5, 5.41) is 3.20. The third kappa shape index (κ3) is 3.25. The summed E-state index contributed by atoms with van der Waals surface area (Å²) in [7, 11) is 0. The van der Waals surface area contributed by atoms with Gasteiger partial charge in [-0.1, -0.05) is 24.3 Å². The van der Waals surface area contributed by atoms with E-state index in [1.54, 1.807) is 0 Å². The highest BCUT2D eigenvalue weighted by atomic mass is 15.1. The first-order chi connectivity index (χ1) is 8.37. The van der Waals surface area contributed by atoms with Crippen molar-refractivity contribution in [3.05, 3.63) is 35.4 Å². The van der Waals surface area contributed by atoms with Crippen LogP contribution in [0.5, 0.6) is 0 Å². The molecule has 0 heterocycles. The number of hydrogen-bond acceptors (Lipinski definition) is 1. The highest BCUT2D eigenvalue weighted by Crippen LogP contribution is 2.44. The fourth-order valence-electron chi connectivity index (χ4n) is 2.26. The standard InChI is InChI=1S/C15H23N3/c1-10-7-5-6-8-11(10)12-9-13(12)17-14(16)18-15(2,3)4/h5-8,12-13H,9H2,1-4H3,(H3,16,17,18). The number of nitrogens with one attached hydrogen (secondary N) is 1. The highest BCUT2D eigenvalue weighted by Gasteiger charge is 2.39. The number of nitrogens with two attached hydrogens (primary N) is 1. The topological polar surface area (TPSA) is 50.4 Å². The van der Waals surface area contributed by atoms with Crippen LogP contribution in [-0.2, 0) is 0 Å². The molecule has 0 aromatic heterocycles. The van der Waals surface area contributed by atoms with Crippen molar-refractivity contribution >= 4 is 5.96 Å². The third-order valence-corrected chi connectivity index (χ3v) is 3.15. The van der Waals surface area contributed by atoms with Crippen LogP contribution in [0.15, 0.2) is 29.3 Å². The summed E-state index contributed by atoms with van der Waals surface area (Å²) < 4.78 is 0. The summed E-state index contributed by atoms with van der Waals surface area (Å²) in [5.41, 5.74) is 8.65. The van der Waals surface area contributed by atoms with E-state index in [4.69, 9.17) is 5.73 Å². The summed E-state index contributed by atoms with van der Waals surface area (Å²) in [6.45, 7) is 8.41. The maximum atomic E-state index is 5.92. The summed E-state index contributed by atoms with van der Waals surface area (Å²) in [5.74, 6) is 1.11. The van der Waals surface area contributed by atoms with Gasteiger partial charge in [-0.2, -0.15) is 0 Å². The Morgan fingerprint density at radius 1 is 1.33 bits per heavy atom. The second kappa shape index (κ2) is 4.63. The maximum Gasteiger partial charge on any atom is 0.189 e. The van der Waals surface area contributed by atoms with Crippen molar-refractivity contribution in [3.8, 4) is 0 Å². The van der Waals surface area contributed by atoms with Crippen LogP contribution < -0.4 is 11.1 Å². The zero-order valence-electron chi connectivity index (χ0n) is 11.7. The van der Waals surface area contributed by atoms with Crippen LogP contribution in [0.1, 0.15) is 44.2 Å². The fourth-order valence-corrected chi connectivity index (χ4v) is 2.26. The first-order valence-electron chi connectivity index (χ1n) is 6.54. The Labute approximate surface area is 109 Å². The van der Waals surface area contributed by atoms with Crippen molar-refractivity contribution in [3.63, 3.8) is 0 Å². The number of benzene rings is 1. The Balaban J connectivity index is 2.00. The van der Waals surface area contributed by atoms with E-state index in [-0.39, 0.29) is 5.54 Å². The van der Waals surface area contributed by atoms with Crippen LogP contribution in [-0.4, -0.2) is 17.5 Å². The van der Waals surface area contributed by atoms with Gasteiger partial charge in [-0.15, -0.1) is 0 Å². The molecule has 2 rings (SSSR count). The Kier molecular flexibility index (Phi) is 3.33. The molecule has 1 fully saturated rings. The number of aryl methyl sites for hydroxylation is 1. The Bertz CT molecular complexity index is 457. The molecule has 1 aromatic carbocycles. The molecular weight excluding hydrogens is 222 g/mol. The Morgan fingerprint density at radius 3 is 2.61 bits per heavy atom. The van der Waals surface area contributed by atoms with Crippen molar-refractivity contribution < 1.29 is 0 Å². The van der Waals surface area contributed by atoms with E-state index < -0.39 is 0 Å². The van der Waals surface area contributed by atoms with Gasteiger partial charge < -0.3 is 11.1 Å². The Morgan fingerprint density at radius 2 is 2.00 bits per heavy atom. The quantitative estimate of drug-likeness (QED) is 0.621. The second-order valence-corrected chi connectivity index (χ2v) is 6.16. The zero-order chi connectivity index (χ0) is 13.3. The van der Waals surface area contributed by atoms with Crippen LogP contribution in [0.2, 0.25) is 0 Å². The summed E-state index contributed by atoms with van der Waals surface area (Å²) in [4.78, 5) is 4.56. The van der Waals surface area contributed by atoms with Gasteiger partial charge in [-0.25, -0.2) is 4.99 Å². The number of hydrogen-bond donors (Lipinski definition) is 2. The lowest BCUT2D eigenvalue weighted by Gasteiger charge is -2.21. The van der Waals surface area contributed by atoms with Crippen molar-refractivity contribution in [2.45, 2.75) is 51.6 Å². The lowest BCUT2D eigenvalue weighted by atomic mass is 10.0. The molecule has 1 saturated carbocycles. The molecule has 0 radical (unpaired) electrons. The van der Waals surface area contributed by atoms with E-state index in [1.807, 2.05) is 0 Å². The lowest BCUT2D eigenvalue weighted by Crippen LogP contribution is -2.45. The van der Waals surface area contributed by atoms with Crippen LogP contribution in [0, 0.1) is 6.92 Å². The number of guanidine groups is 1. The van der Waals surface area contributed by atoms with Crippen molar-refractivity contribution in [2.24, 2.45) is 10.7 Å². The first kappa shape index (κ1) is 12.9. The van der Waals surface area contributed by atoms with E-state index in [0.29, 0.717) is 17.9 Å². The molecule has 0 bridgehead atoms. The molecule has 2 unspecified atom stereocenters. The van der Waals surface area contributed by atoms with Gasteiger partial charge in [0.1, 0.15) is 0 Å². The largest absolute Gasteiger partial charge is 0.370 e. The smallest absolute Gasteiger partial charge is 0.189 e. The van der Waals surface area contributed by atoms with Gasteiger partial charge in [0.2, 0.25) is 0 Å². The molecule has 0 aliphatic heterocycles. The normalized spacial score (nSPS) is 23.9. The molecule has 98 valence electrons. The monoisotopic (exact) mass is 245 g/mol. The molecule has 0 spiro atoms. The SMILES string of the molecule is Cc1ccccc1C1CC1N=C(N)NC(C)(C)C. The van der Waals surface area contributed by atoms with Gasteiger partial charge in [0.25, 0.3) is 0 Å². The molecule has 2 atom stereocenters. The van der Waals surface area contributed by atoms with E-state index >= 15 is 0 Å². The van der Waals surface area contributed by atoms with Gasteiger partial charge in [0.05, 0.1) is 6.04 Å². The molecule has 0 saturated heterocycles. The van der Waals surface area contributed by atoms with E-state index in [0.717, 1.165) is 6.42 Å². The number of rotatable bonds is 2. The molecule has 1 aliphatic carbocycles. The molecule has 3 heteroatoms. The molecular formula is C15H23N3. The van der Waals surface area contributed by atoms with E-state index in [9.17, 15) is 0 Å². The lowest BCUT2D eigenvalue weighted by molar-refractivity contribution is 0.508. The van der Waals surface area contributed by atoms with Gasteiger partial charge in [-0.3, -0.25) is 0 Å². The van der Waals surface area contributed by atoms with Gasteiger partial charge >= 0.3 is 0 Å². The average molecular weight is 245 g/mol. The minimum absolute atomic E-state index is 0.0271. The minimum atomic E-state index is -0.0271. The van der Waals surface area contributed by atoms with Crippen LogP contribution in [0.25, 0.3) is 0 Å². The van der Waals surface area contributed by atoms with Crippen molar-refractivity contribution in [1.29, 1.82) is 0 Å². The van der Waals surface area contributed by atoms with Gasteiger partial charge in [-0.05, 0) is 45.2 Å². The van der Waals surface area contributed by atoms with Gasteiger partial charge in [0, 0.05) is 11.5 Å². The predicted octanol–water partition coefficient (Wildman–Crippen LogP) is 2.55. The van der Waals surface area contributed by atoms with Crippen molar-refractivity contribution in [2.75, 3.05) is 0 Å². The molecule has 1 aromatic rings. The highest BCUT2D eigenvalue weighted by molar-refractivity contribution is 5.79. The second-order valence-electron chi connectivity index (χ2n) is 6.16. The van der Waals surface area contributed by atoms with Gasteiger partial charge in [0.15, 0.2) is 5.96 Å². The molecule has 3 nitrogen and oxygen atoms in total. The van der Waals surface area contributed by atoms with Crippen LogP contribution in [0.4, 0.5) is 0 Å². The molecule has 0 amide bonds. The summed E-state index contributed by atoms with van der Waals surface area (Å²) in [6, 6.07) is 8.88. The molecule has 1 aliphatic rings. The molecule has 18 heavy (non-hydrogen) atoms. The van der Waals surface area contributed by atoms with Crippen LogP contribution >= 0.6 is 0 Å². The predicted molar refractivity (Wildman–Crippen MR) is 76.8 cm³/mol. The first-order valence-corrected chi connectivity index (χ1v) is 6.54. The third-order valence-electron chi connectivity index (χ3n) is 3.15. The van der Waals surface area contributed by atoms with Crippen molar-refractivity contribution in [1.82, 2.24) is 5.32 Å². The van der Waals surface area contributed by atoms with Crippen LogP contribution in [0.3, 0.4) is 0 Å². The maximum absolute atomic E-state index is 5.92.